The van der Waals surface area contributed by atoms with Crippen LogP contribution in [0.5, 0.6) is 0 Å². The van der Waals surface area contributed by atoms with Gasteiger partial charge in [-0.1, -0.05) is 36.2 Å². The first-order valence-electron chi connectivity index (χ1n) is 6.13. The molecule has 0 aromatic heterocycles. The highest BCUT2D eigenvalue weighted by molar-refractivity contribution is 6.25. The Kier molecular flexibility index (Phi) is 11.0. The number of allylic oxidation sites excluding steroid dienone is 2. The van der Waals surface area contributed by atoms with Gasteiger partial charge in [-0.2, -0.15) is 0 Å². The second-order valence-corrected chi connectivity index (χ2v) is 4.77. The van der Waals surface area contributed by atoms with E-state index in [9.17, 15) is 0 Å². The largest absolute Gasteiger partial charge is 0.381 e. The molecule has 0 saturated carbocycles. The third kappa shape index (κ3) is 11.8. The summed E-state index contributed by atoms with van der Waals surface area (Å²) in [7, 11) is 0. The molecular weight excluding hydrogens is 220 g/mol. The van der Waals surface area contributed by atoms with Crippen molar-refractivity contribution in [1.82, 2.24) is 0 Å². The number of halogens is 1. The van der Waals surface area contributed by atoms with E-state index in [0.29, 0.717) is 0 Å². The molecule has 0 aromatic rings. The average molecular weight is 245 g/mol. The lowest BCUT2D eigenvalue weighted by atomic mass is 10.0. The van der Waals surface area contributed by atoms with E-state index in [1.54, 1.807) is 5.54 Å². The van der Waals surface area contributed by atoms with Crippen molar-refractivity contribution in [2.24, 2.45) is 5.92 Å². The minimum absolute atomic E-state index is 0.749. The van der Waals surface area contributed by atoms with Crippen LogP contribution in [0.15, 0.2) is 23.3 Å². The minimum atomic E-state index is 0.749. The summed E-state index contributed by atoms with van der Waals surface area (Å²) in [5.74, 6) is 0.749. The van der Waals surface area contributed by atoms with Crippen LogP contribution in [0.2, 0.25) is 0 Å². The van der Waals surface area contributed by atoms with Gasteiger partial charge in [0.1, 0.15) is 0 Å². The highest BCUT2D eigenvalue weighted by atomic mass is 35.5. The van der Waals surface area contributed by atoms with E-state index in [1.807, 2.05) is 6.08 Å². The maximum Gasteiger partial charge on any atom is 0.0500 e. The molecule has 0 saturated heterocycles. The monoisotopic (exact) mass is 244 g/mol. The highest BCUT2D eigenvalue weighted by Crippen LogP contribution is 2.11. The van der Waals surface area contributed by atoms with Gasteiger partial charge < -0.3 is 4.74 Å². The van der Waals surface area contributed by atoms with Gasteiger partial charge in [0.25, 0.3) is 0 Å². The summed E-state index contributed by atoms with van der Waals surface area (Å²) in [4.78, 5) is 0. The third-order valence-corrected chi connectivity index (χ3v) is 2.66. The lowest BCUT2D eigenvalue weighted by Gasteiger charge is -2.10. The molecule has 0 spiro atoms. The maximum atomic E-state index is 5.51. The van der Waals surface area contributed by atoms with Crippen LogP contribution in [0.4, 0.5) is 0 Å². The lowest BCUT2D eigenvalue weighted by molar-refractivity contribution is 0.125. The van der Waals surface area contributed by atoms with Crippen LogP contribution in [0.25, 0.3) is 0 Å². The van der Waals surface area contributed by atoms with Crippen molar-refractivity contribution in [2.75, 3.05) is 13.2 Å². The number of hydrogen-bond donors (Lipinski definition) is 0. The summed E-state index contributed by atoms with van der Waals surface area (Å²) in [6, 6.07) is 0. The number of ether oxygens (including phenoxy) is 1. The minimum Gasteiger partial charge on any atom is -0.381 e. The molecule has 0 rings (SSSR count). The molecule has 0 N–H and O–H groups in total. The summed E-state index contributed by atoms with van der Waals surface area (Å²) in [6.45, 7) is 8.24. The Hall–Kier alpha value is -0.270. The first-order valence-corrected chi connectivity index (χ1v) is 6.56. The predicted molar refractivity (Wildman–Crippen MR) is 72.9 cm³/mol. The van der Waals surface area contributed by atoms with Gasteiger partial charge in [-0.15, -0.1) is 0 Å². The van der Waals surface area contributed by atoms with Gasteiger partial charge in [-0.25, -0.2) is 0 Å². The van der Waals surface area contributed by atoms with Gasteiger partial charge in [-0.3, -0.25) is 0 Å². The van der Waals surface area contributed by atoms with Crippen molar-refractivity contribution in [3.05, 3.63) is 23.3 Å². The van der Waals surface area contributed by atoms with Crippen LogP contribution in [0.1, 0.15) is 46.5 Å². The first kappa shape index (κ1) is 15.7. The Bertz CT molecular complexity index is 205. The van der Waals surface area contributed by atoms with Gasteiger partial charge >= 0.3 is 0 Å². The van der Waals surface area contributed by atoms with Crippen molar-refractivity contribution in [3.8, 4) is 0 Å². The third-order valence-electron chi connectivity index (χ3n) is 2.48. The average Bonchev–Trinajstić information content (AvgIpc) is 2.22. The van der Waals surface area contributed by atoms with Gasteiger partial charge in [-0.05, 0) is 45.4 Å². The Morgan fingerprint density at radius 3 is 2.56 bits per heavy atom. The molecule has 0 aliphatic heterocycles. The van der Waals surface area contributed by atoms with Gasteiger partial charge in [0.05, 0.1) is 6.61 Å². The van der Waals surface area contributed by atoms with Crippen LogP contribution in [-0.4, -0.2) is 13.2 Å². The summed E-state index contributed by atoms with van der Waals surface area (Å²) in [6.07, 6.45) is 8.74. The van der Waals surface area contributed by atoms with E-state index in [-0.39, 0.29) is 0 Å². The fraction of sp³-hybridized carbons (Fsp3) is 0.714. The second kappa shape index (κ2) is 11.2. The zero-order valence-electron chi connectivity index (χ0n) is 10.8. The predicted octanol–water partition coefficient (Wildman–Crippen LogP) is 4.92. The van der Waals surface area contributed by atoms with Crippen LogP contribution in [0, 0.1) is 5.92 Å². The zero-order valence-corrected chi connectivity index (χ0v) is 11.6. The number of rotatable bonds is 9. The zero-order chi connectivity index (χ0) is 12.2. The molecular formula is C14H25ClO. The van der Waals surface area contributed by atoms with Crippen LogP contribution in [0.3, 0.4) is 0 Å². The molecule has 0 amide bonds. The second-order valence-electron chi connectivity index (χ2n) is 4.52. The quantitative estimate of drug-likeness (QED) is 0.413. The van der Waals surface area contributed by atoms with Crippen molar-refractivity contribution in [1.29, 1.82) is 0 Å². The molecule has 0 aliphatic carbocycles. The lowest BCUT2D eigenvalue weighted by Crippen LogP contribution is -2.02. The van der Waals surface area contributed by atoms with E-state index < -0.39 is 0 Å². The van der Waals surface area contributed by atoms with Gasteiger partial charge in [0, 0.05) is 12.1 Å². The Labute approximate surface area is 106 Å². The Balaban J connectivity index is 3.30. The summed E-state index contributed by atoms with van der Waals surface area (Å²) in [5, 5.41) is 0. The molecule has 1 atom stereocenters. The molecule has 94 valence electrons. The molecule has 0 fully saturated rings. The molecule has 1 unspecified atom stereocenters. The van der Waals surface area contributed by atoms with Crippen molar-refractivity contribution >= 4 is 11.6 Å². The van der Waals surface area contributed by atoms with E-state index in [1.165, 1.54) is 18.4 Å². The number of hydrogen-bond acceptors (Lipinski definition) is 1. The molecule has 0 bridgehead atoms. The van der Waals surface area contributed by atoms with E-state index in [4.69, 9.17) is 16.3 Å². The summed E-state index contributed by atoms with van der Waals surface area (Å²) >= 11 is 5.41. The first-order chi connectivity index (χ1) is 7.66. The van der Waals surface area contributed by atoms with E-state index >= 15 is 0 Å². The van der Waals surface area contributed by atoms with Gasteiger partial charge in [0.15, 0.2) is 0 Å². The normalized spacial score (nSPS) is 13.0. The Morgan fingerprint density at radius 1 is 1.19 bits per heavy atom. The molecule has 0 aliphatic rings. The summed E-state index contributed by atoms with van der Waals surface area (Å²) in [5.41, 5.74) is 2.96. The molecule has 0 aromatic carbocycles. The van der Waals surface area contributed by atoms with Crippen molar-refractivity contribution in [3.63, 3.8) is 0 Å². The molecule has 1 nitrogen and oxygen atoms in total. The fourth-order valence-electron chi connectivity index (χ4n) is 1.40. The molecule has 0 heterocycles. The molecule has 16 heavy (non-hydrogen) atoms. The van der Waals surface area contributed by atoms with Gasteiger partial charge in [0.2, 0.25) is 0 Å². The van der Waals surface area contributed by atoms with Crippen LogP contribution < -0.4 is 0 Å². The van der Waals surface area contributed by atoms with E-state index in [0.717, 1.165) is 32.0 Å². The SMILES string of the molecule is CC(C)=CCCC(C)CCOCC/C=C\Cl. The highest BCUT2D eigenvalue weighted by Gasteiger charge is 2.00. The van der Waals surface area contributed by atoms with E-state index in [2.05, 4.69) is 26.8 Å². The Morgan fingerprint density at radius 2 is 1.94 bits per heavy atom. The molecule has 2 heteroatoms. The van der Waals surface area contributed by atoms with Crippen molar-refractivity contribution < 1.29 is 4.74 Å². The topological polar surface area (TPSA) is 9.23 Å². The molecule has 0 radical (unpaired) electrons. The standard InChI is InChI=1S/C14H25ClO/c1-13(2)7-6-8-14(3)9-12-16-11-5-4-10-15/h4,7,10,14H,5-6,8-9,11-12H2,1-3H3/b10-4-. The van der Waals surface area contributed by atoms with Crippen molar-refractivity contribution in [2.45, 2.75) is 46.5 Å². The maximum absolute atomic E-state index is 5.51. The fourth-order valence-corrected chi connectivity index (χ4v) is 1.53. The van der Waals surface area contributed by atoms with Crippen LogP contribution >= 0.6 is 11.6 Å². The summed E-state index contributed by atoms with van der Waals surface area (Å²) < 4.78 is 5.51. The van der Waals surface area contributed by atoms with Crippen LogP contribution in [-0.2, 0) is 4.74 Å². The smallest absolute Gasteiger partial charge is 0.0500 e.